The molecule has 7 nitrogen and oxygen atoms in total. The Morgan fingerprint density at radius 2 is 2.00 bits per heavy atom. The maximum Gasteiger partial charge on any atom is 0.318 e. The Bertz CT molecular complexity index is 1250. The van der Waals surface area contributed by atoms with Gasteiger partial charge in [0.15, 0.2) is 0 Å². The Balaban J connectivity index is 1.34. The number of nitriles is 1. The van der Waals surface area contributed by atoms with Gasteiger partial charge in [-0.05, 0) is 89.2 Å². The summed E-state index contributed by atoms with van der Waals surface area (Å²) in [6.07, 6.45) is 13.8. The first-order valence-corrected chi connectivity index (χ1v) is 14.9. The molecule has 0 unspecified atom stereocenters. The van der Waals surface area contributed by atoms with Crippen molar-refractivity contribution in [1.29, 1.82) is 5.26 Å². The van der Waals surface area contributed by atoms with Crippen molar-refractivity contribution in [3.63, 3.8) is 0 Å². The number of rotatable bonds is 6. The lowest BCUT2D eigenvalue weighted by Crippen LogP contribution is -2.51. The Morgan fingerprint density at radius 1 is 1.10 bits per heavy atom. The largest absolute Gasteiger partial charge is 0.462 e. The molecule has 39 heavy (non-hydrogen) atoms. The second-order valence-corrected chi connectivity index (χ2v) is 12.0. The van der Waals surface area contributed by atoms with E-state index in [2.05, 4.69) is 64.4 Å². The van der Waals surface area contributed by atoms with E-state index >= 15 is 0 Å². The van der Waals surface area contributed by atoms with E-state index in [-0.39, 0.29) is 11.5 Å². The van der Waals surface area contributed by atoms with Gasteiger partial charge in [-0.2, -0.15) is 15.2 Å². The number of anilines is 1. The van der Waals surface area contributed by atoms with Crippen LogP contribution in [0.3, 0.4) is 0 Å². The van der Waals surface area contributed by atoms with Crippen LogP contribution in [0.4, 0.5) is 5.82 Å². The van der Waals surface area contributed by atoms with Crippen LogP contribution in [-0.2, 0) is 24.7 Å². The highest BCUT2D eigenvalue weighted by Gasteiger charge is 2.42. The molecule has 1 aromatic heterocycles. The minimum Gasteiger partial charge on any atom is -0.462 e. The minimum absolute atomic E-state index is 0.155. The van der Waals surface area contributed by atoms with Gasteiger partial charge in [-0.25, -0.2) is 0 Å². The van der Waals surface area contributed by atoms with E-state index in [1.54, 1.807) is 0 Å². The van der Waals surface area contributed by atoms with E-state index in [1.807, 2.05) is 6.92 Å². The van der Waals surface area contributed by atoms with Crippen LogP contribution in [0, 0.1) is 11.3 Å². The second kappa shape index (κ2) is 11.2. The summed E-state index contributed by atoms with van der Waals surface area (Å²) in [6.45, 7) is 6.36. The number of aromatic nitrogens is 2. The molecule has 1 aromatic carbocycles. The number of allylic oxidation sites excluding steroid dienone is 1. The molecular weight excluding hydrogens is 484 g/mol. The van der Waals surface area contributed by atoms with Gasteiger partial charge in [0.05, 0.1) is 24.2 Å². The zero-order valence-corrected chi connectivity index (χ0v) is 23.6. The summed E-state index contributed by atoms with van der Waals surface area (Å²) in [5.41, 5.74) is 5.67. The highest BCUT2D eigenvalue weighted by atomic mass is 16.5. The summed E-state index contributed by atoms with van der Waals surface area (Å²) < 4.78 is 6.37. The molecule has 3 heterocycles. The molecule has 2 fully saturated rings. The number of fused-ring (bicyclic) bond motifs is 3. The molecule has 0 radical (unpaired) electrons. The van der Waals surface area contributed by atoms with Crippen molar-refractivity contribution in [2.75, 3.05) is 44.7 Å². The molecular formula is C32H42N6O. The van der Waals surface area contributed by atoms with E-state index in [9.17, 15) is 5.26 Å². The lowest BCUT2D eigenvalue weighted by atomic mass is 9.62. The van der Waals surface area contributed by atoms with Gasteiger partial charge in [-0.1, -0.05) is 30.3 Å². The third-order valence-corrected chi connectivity index (χ3v) is 9.67. The number of nitrogens with zero attached hydrogens (tertiary/aromatic N) is 6. The lowest BCUT2D eigenvalue weighted by Gasteiger charge is -2.44. The molecule has 1 spiro atoms. The predicted octanol–water partition coefficient (Wildman–Crippen LogP) is 4.65. The molecule has 0 N–H and O–H groups in total. The molecule has 0 saturated carbocycles. The van der Waals surface area contributed by atoms with Gasteiger partial charge in [0.1, 0.15) is 12.4 Å². The molecule has 0 amide bonds. The Hall–Kier alpha value is -3.11. The highest BCUT2D eigenvalue weighted by Crippen LogP contribution is 2.47. The van der Waals surface area contributed by atoms with Crippen molar-refractivity contribution in [1.82, 2.24) is 19.8 Å². The number of hydrogen-bond acceptors (Lipinski definition) is 7. The van der Waals surface area contributed by atoms with Gasteiger partial charge >= 0.3 is 6.01 Å². The molecule has 2 aliphatic heterocycles. The topological polar surface area (TPSA) is 68.5 Å². The standard InChI is InChI=1S/C32H42N6O/c1-3-17-37-19-20-38(22-25(37)13-16-33)30-27-12-15-32(14-6-9-24-8-4-5-11-28(24)32)21-29(27)34-31(35-30)39-23-26-10-7-18-36(26)2/h3-5,8,11,17,25-26H,6-7,9-10,12-15,18-23H2,1-2H3/t25-,26-,32-/m0/s1. The third-order valence-electron chi connectivity index (χ3n) is 9.67. The van der Waals surface area contributed by atoms with Gasteiger partial charge in [-0.3, -0.25) is 0 Å². The minimum atomic E-state index is 0.155. The molecule has 0 bridgehead atoms. The summed E-state index contributed by atoms with van der Waals surface area (Å²) in [4.78, 5) is 17.3. The lowest BCUT2D eigenvalue weighted by molar-refractivity contribution is 0.186. The fourth-order valence-corrected chi connectivity index (χ4v) is 7.54. The van der Waals surface area contributed by atoms with E-state index in [0.717, 1.165) is 57.7 Å². The summed E-state index contributed by atoms with van der Waals surface area (Å²) in [5, 5.41) is 9.54. The fraction of sp³-hybridized carbons (Fsp3) is 0.594. The highest BCUT2D eigenvalue weighted by molar-refractivity contribution is 5.54. The van der Waals surface area contributed by atoms with E-state index in [4.69, 9.17) is 14.7 Å². The normalized spacial score (nSPS) is 27.0. The number of likely N-dealkylation sites (N-methyl/N-ethyl adjacent to an activating group) is 1. The van der Waals surface area contributed by atoms with Gasteiger partial charge in [0.2, 0.25) is 0 Å². The maximum atomic E-state index is 9.54. The van der Waals surface area contributed by atoms with E-state index in [1.165, 1.54) is 48.1 Å². The van der Waals surface area contributed by atoms with Crippen LogP contribution >= 0.6 is 0 Å². The maximum absolute atomic E-state index is 9.54. The molecule has 6 rings (SSSR count). The average Bonchev–Trinajstić information content (AvgIpc) is 3.37. The molecule has 2 aliphatic carbocycles. The number of benzene rings is 1. The quantitative estimate of drug-likeness (QED) is 0.543. The zero-order chi connectivity index (χ0) is 26.8. The second-order valence-electron chi connectivity index (χ2n) is 12.0. The number of hydrogen-bond donors (Lipinski definition) is 0. The number of piperazine rings is 1. The summed E-state index contributed by atoms with van der Waals surface area (Å²) in [6, 6.07) is 12.6. The van der Waals surface area contributed by atoms with Crippen molar-refractivity contribution < 1.29 is 4.74 Å². The summed E-state index contributed by atoms with van der Waals surface area (Å²) >= 11 is 0. The van der Waals surface area contributed by atoms with Crippen LogP contribution in [0.25, 0.3) is 0 Å². The molecule has 2 aromatic rings. The molecule has 206 valence electrons. The Kier molecular flexibility index (Phi) is 7.49. The first-order valence-electron chi connectivity index (χ1n) is 14.9. The zero-order valence-electron chi connectivity index (χ0n) is 23.6. The monoisotopic (exact) mass is 526 g/mol. The summed E-state index contributed by atoms with van der Waals surface area (Å²) in [7, 11) is 2.18. The summed E-state index contributed by atoms with van der Waals surface area (Å²) in [5.74, 6) is 1.04. The molecule has 7 heteroatoms. The van der Waals surface area contributed by atoms with Crippen LogP contribution < -0.4 is 9.64 Å². The van der Waals surface area contributed by atoms with Crippen LogP contribution in [0.5, 0.6) is 6.01 Å². The number of likely N-dealkylation sites (tertiary alicyclic amines) is 1. The van der Waals surface area contributed by atoms with Crippen molar-refractivity contribution >= 4 is 5.82 Å². The van der Waals surface area contributed by atoms with Gasteiger partial charge in [0, 0.05) is 36.7 Å². The van der Waals surface area contributed by atoms with Crippen LogP contribution in [-0.4, -0.2) is 71.7 Å². The first kappa shape index (κ1) is 26.1. The number of ether oxygens (including phenoxy) is 1. The number of aryl methyl sites for hydroxylation is 1. The van der Waals surface area contributed by atoms with Crippen molar-refractivity contribution in [3.05, 3.63) is 58.9 Å². The van der Waals surface area contributed by atoms with Gasteiger partial charge < -0.3 is 19.4 Å². The van der Waals surface area contributed by atoms with Crippen LogP contribution in [0.1, 0.15) is 67.8 Å². The van der Waals surface area contributed by atoms with Gasteiger partial charge in [0.25, 0.3) is 0 Å². The molecule has 2 saturated heterocycles. The van der Waals surface area contributed by atoms with E-state index in [0.29, 0.717) is 25.1 Å². The molecule has 4 aliphatic rings. The van der Waals surface area contributed by atoms with E-state index < -0.39 is 0 Å². The third kappa shape index (κ3) is 5.12. The average molecular weight is 527 g/mol. The smallest absolute Gasteiger partial charge is 0.318 e. The van der Waals surface area contributed by atoms with Crippen LogP contribution in [0.2, 0.25) is 0 Å². The predicted molar refractivity (Wildman–Crippen MR) is 154 cm³/mol. The SMILES string of the molecule is CC=CN1CCN(c2nc(OC[C@@H]3CCCN3C)nc3c2CC[C@@]2(CCCc4ccccc42)C3)C[C@@H]1CC#N. The first-order chi connectivity index (χ1) is 19.1. The van der Waals surface area contributed by atoms with Crippen molar-refractivity contribution in [3.8, 4) is 12.1 Å². The van der Waals surface area contributed by atoms with Crippen molar-refractivity contribution in [2.24, 2.45) is 0 Å². The van der Waals surface area contributed by atoms with Crippen molar-refractivity contribution in [2.45, 2.75) is 82.2 Å². The van der Waals surface area contributed by atoms with Gasteiger partial charge in [-0.15, -0.1) is 0 Å². The fourth-order valence-electron chi connectivity index (χ4n) is 7.54. The Labute approximate surface area is 233 Å². The molecule has 3 atom stereocenters. The Morgan fingerprint density at radius 3 is 2.82 bits per heavy atom. The van der Waals surface area contributed by atoms with Crippen LogP contribution in [0.15, 0.2) is 36.5 Å².